The first-order valence-electron chi connectivity index (χ1n) is 5.37. The number of hydrogen-bond donors (Lipinski definition) is 1. The van der Waals surface area contributed by atoms with Gasteiger partial charge in [0.25, 0.3) is 0 Å². The van der Waals surface area contributed by atoms with Crippen LogP contribution in [0.2, 0.25) is 0 Å². The Kier molecular flexibility index (Phi) is 3.96. The van der Waals surface area contributed by atoms with E-state index in [-0.39, 0.29) is 5.82 Å². The third-order valence-electron chi connectivity index (χ3n) is 2.52. The molecular weight excluding hydrogens is 295 g/mol. The van der Waals surface area contributed by atoms with Crippen molar-refractivity contribution in [2.24, 2.45) is 0 Å². The molecule has 2 rings (SSSR count). The van der Waals surface area contributed by atoms with Gasteiger partial charge in [0.2, 0.25) is 0 Å². The Hall–Kier alpha value is -1.86. The molecule has 0 aliphatic heterocycles. The molecular formula is C14H10BrFN2. The first-order valence-corrected chi connectivity index (χ1v) is 6.17. The van der Waals surface area contributed by atoms with E-state index in [1.165, 1.54) is 12.1 Å². The Balaban J connectivity index is 2.16. The van der Waals surface area contributed by atoms with Crippen molar-refractivity contribution in [3.05, 3.63) is 63.9 Å². The minimum Gasteiger partial charge on any atom is -0.380 e. The molecule has 0 unspecified atom stereocenters. The quantitative estimate of drug-likeness (QED) is 0.927. The number of anilines is 1. The maximum Gasteiger partial charge on any atom is 0.128 e. The van der Waals surface area contributed by atoms with E-state index in [0.29, 0.717) is 17.7 Å². The second-order valence-corrected chi connectivity index (χ2v) is 4.61. The lowest BCUT2D eigenvalue weighted by molar-refractivity contribution is 0.612. The van der Waals surface area contributed by atoms with Crippen LogP contribution in [0, 0.1) is 17.1 Å². The van der Waals surface area contributed by atoms with Gasteiger partial charge in [0, 0.05) is 22.3 Å². The van der Waals surface area contributed by atoms with E-state index in [1.807, 2.05) is 30.3 Å². The van der Waals surface area contributed by atoms with E-state index >= 15 is 0 Å². The number of nitrogens with one attached hydrogen (secondary N) is 1. The third-order valence-corrected chi connectivity index (χ3v) is 3.21. The van der Waals surface area contributed by atoms with E-state index in [2.05, 4.69) is 21.2 Å². The number of benzene rings is 2. The van der Waals surface area contributed by atoms with Crippen molar-refractivity contribution in [1.82, 2.24) is 0 Å². The predicted octanol–water partition coefficient (Wildman–Crippen LogP) is 4.07. The van der Waals surface area contributed by atoms with Gasteiger partial charge in [0.05, 0.1) is 11.6 Å². The van der Waals surface area contributed by atoms with Crippen molar-refractivity contribution < 1.29 is 4.39 Å². The van der Waals surface area contributed by atoms with Gasteiger partial charge in [0.15, 0.2) is 0 Å². The summed E-state index contributed by atoms with van der Waals surface area (Å²) in [6, 6.07) is 14.0. The van der Waals surface area contributed by atoms with Crippen LogP contribution in [0.1, 0.15) is 11.1 Å². The Morgan fingerprint density at radius 1 is 1.22 bits per heavy atom. The summed E-state index contributed by atoms with van der Waals surface area (Å²) in [6.07, 6.45) is 0. The Bertz CT molecular complexity index is 605. The monoisotopic (exact) mass is 304 g/mol. The second kappa shape index (κ2) is 5.65. The molecule has 90 valence electrons. The van der Waals surface area contributed by atoms with Gasteiger partial charge in [-0.2, -0.15) is 5.26 Å². The van der Waals surface area contributed by atoms with Gasteiger partial charge < -0.3 is 5.32 Å². The number of halogens is 2. The summed E-state index contributed by atoms with van der Waals surface area (Å²) < 4.78 is 14.5. The first kappa shape index (κ1) is 12.6. The van der Waals surface area contributed by atoms with E-state index in [9.17, 15) is 4.39 Å². The number of nitrogens with zero attached hydrogens (tertiary/aromatic N) is 1. The zero-order valence-electron chi connectivity index (χ0n) is 9.45. The van der Waals surface area contributed by atoms with E-state index < -0.39 is 0 Å². The van der Waals surface area contributed by atoms with E-state index in [0.717, 1.165) is 10.2 Å². The second-order valence-electron chi connectivity index (χ2n) is 3.75. The molecule has 0 aliphatic carbocycles. The highest BCUT2D eigenvalue weighted by Gasteiger charge is 2.04. The molecule has 4 heteroatoms. The summed E-state index contributed by atoms with van der Waals surface area (Å²) in [7, 11) is 0. The topological polar surface area (TPSA) is 35.8 Å². The molecule has 0 heterocycles. The minimum atomic E-state index is -0.312. The summed E-state index contributed by atoms with van der Waals surface area (Å²) in [5, 5.41) is 11.9. The maximum atomic E-state index is 13.5. The van der Waals surface area contributed by atoms with E-state index in [4.69, 9.17) is 5.26 Å². The molecule has 0 bridgehead atoms. The van der Waals surface area contributed by atoms with Crippen LogP contribution in [0.25, 0.3) is 0 Å². The molecule has 0 aromatic heterocycles. The van der Waals surface area contributed by atoms with Crippen LogP contribution in [-0.4, -0.2) is 0 Å². The van der Waals surface area contributed by atoms with Crippen LogP contribution in [0.3, 0.4) is 0 Å². The number of para-hydroxylation sites is 1. The van der Waals surface area contributed by atoms with Crippen molar-refractivity contribution in [2.75, 3.05) is 5.32 Å². The summed E-state index contributed by atoms with van der Waals surface area (Å²) in [6.45, 7) is 0.337. The number of rotatable bonds is 3. The summed E-state index contributed by atoms with van der Waals surface area (Å²) in [5.41, 5.74) is 1.82. The standard InChI is InChI=1S/C14H10BrFN2/c15-12-3-1-2-4-14(12)18-9-11-7-10(8-17)5-6-13(11)16/h1-7,18H,9H2. The lowest BCUT2D eigenvalue weighted by Crippen LogP contribution is -2.02. The van der Waals surface area contributed by atoms with Crippen LogP contribution in [0.4, 0.5) is 10.1 Å². The predicted molar refractivity (Wildman–Crippen MR) is 72.6 cm³/mol. The number of nitriles is 1. The first-order chi connectivity index (χ1) is 8.70. The maximum absolute atomic E-state index is 13.5. The molecule has 1 N–H and O–H groups in total. The van der Waals surface area contributed by atoms with Crippen LogP contribution < -0.4 is 5.32 Å². The molecule has 0 amide bonds. The molecule has 0 saturated heterocycles. The van der Waals surface area contributed by atoms with Crippen LogP contribution >= 0.6 is 15.9 Å². The fourth-order valence-electron chi connectivity index (χ4n) is 1.57. The van der Waals surface area contributed by atoms with Gasteiger partial charge in [-0.15, -0.1) is 0 Å². The number of hydrogen-bond acceptors (Lipinski definition) is 2. The summed E-state index contributed by atoms with van der Waals surface area (Å²) >= 11 is 3.41. The van der Waals surface area contributed by atoms with Gasteiger partial charge in [-0.05, 0) is 46.3 Å². The van der Waals surface area contributed by atoms with Gasteiger partial charge in [0.1, 0.15) is 5.82 Å². The highest BCUT2D eigenvalue weighted by molar-refractivity contribution is 9.10. The average molecular weight is 305 g/mol. The highest BCUT2D eigenvalue weighted by Crippen LogP contribution is 2.22. The molecule has 2 nitrogen and oxygen atoms in total. The largest absolute Gasteiger partial charge is 0.380 e. The molecule has 0 spiro atoms. The van der Waals surface area contributed by atoms with Crippen molar-refractivity contribution in [3.8, 4) is 6.07 Å². The summed E-state index contributed by atoms with van der Waals surface area (Å²) in [5.74, 6) is -0.312. The fraction of sp³-hybridized carbons (Fsp3) is 0.0714. The third kappa shape index (κ3) is 2.88. The average Bonchev–Trinajstić information content (AvgIpc) is 2.39. The van der Waals surface area contributed by atoms with Crippen LogP contribution in [0.5, 0.6) is 0 Å². The Morgan fingerprint density at radius 2 is 2.00 bits per heavy atom. The normalized spacial score (nSPS) is 9.83. The van der Waals surface area contributed by atoms with Crippen LogP contribution in [0.15, 0.2) is 46.9 Å². The van der Waals surface area contributed by atoms with Gasteiger partial charge in [-0.25, -0.2) is 4.39 Å². The van der Waals surface area contributed by atoms with Gasteiger partial charge >= 0.3 is 0 Å². The molecule has 0 radical (unpaired) electrons. The van der Waals surface area contributed by atoms with Crippen molar-refractivity contribution in [2.45, 2.75) is 6.54 Å². The van der Waals surface area contributed by atoms with Crippen molar-refractivity contribution >= 4 is 21.6 Å². The zero-order chi connectivity index (χ0) is 13.0. The molecule has 0 fully saturated rings. The molecule has 0 aliphatic rings. The molecule has 0 atom stereocenters. The summed E-state index contributed by atoms with van der Waals surface area (Å²) in [4.78, 5) is 0. The van der Waals surface area contributed by atoms with Crippen LogP contribution in [-0.2, 0) is 6.54 Å². The molecule has 0 saturated carbocycles. The molecule has 2 aromatic carbocycles. The lowest BCUT2D eigenvalue weighted by atomic mass is 10.1. The van der Waals surface area contributed by atoms with Crippen molar-refractivity contribution in [3.63, 3.8) is 0 Å². The zero-order valence-corrected chi connectivity index (χ0v) is 11.0. The Labute approximate surface area is 113 Å². The Morgan fingerprint density at radius 3 is 2.72 bits per heavy atom. The highest BCUT2D eigenvalue weighted by atomic mass is 79.9. The minimum absolute atomic E-state index is 0.312. The van der Waals surface area contributed by atoms with Gasteiger partial charge in [-0.3, -0.25) is 0 Å². The van der Waals surface area contributed by atoms with E-state index in [1.54, 1.807) is 6.07 Å². The molecule has 18 heavy (non-hydrogen) atoms. The fourth-order valence-corrected chi connectivity index (χ4v) is 2.00. The SMILES string of the molecule is N#Cc1ccc(F)c(CNc2ccccc2Br)c1. The van der Waals surface area contributed by atoms with Gasteiger partial charge in [-0.1, -0.05) is 12.1 Å². The smallest absolute Gasteiger partial charge is 0.128 e. The lowest BCUT2D eigenvalue weighted by Gasteiger charge is -2.09. The molecule has 2 aromatic rings. The van der Waals surface area contributed by atoms with Crippen molar-refractivity contribution in [1.29, 1.82) is 5.26 Å².